The summed E-state index contributed by atoms with van der Waals surface area (Å²) in [5.41, 5.74) is 1.86. The standard InChI is InChI=1S/C16H17N3O2/c1-3-12(15-17-6-7-18-15)19-16(20)14-9-11-8-10(2)4-5-13(11)21-14/h4-9,12H,3H2,1-2H3,(H,17,18)(H,19,20). The van der Waals surface area contributed by atoms with Crippen molar-refractivity contribution in [1.82, 2.24) is 15.3 Å². The first-order valence-electron chi connectivity index (χ1n) is 6.97. The minimum absolute atomic E-state index is 0.151. The lowest BCUT2D eigenvalue weighted by Gasteiger charge is -2.13. The van der Waals surface area contributed by atoms with Gasteiger partial charge in [0.2, 0.25) is 0 Å². The van der Waals surface area contributed by atoms with E-state index in [1.54, 1.807) is 18.5 Å². The fourth-order valence-electron chi connectivity index (χ4n) is 2.34. The van der Waals surface area contributed by atoms with E-state index in [4.69, 9.17) is 4.42 Å². The predicted molar refractivity (Wildman–Crippen MR) is 80.0 cm³/mol. The first-order chi connectivity index (χ1) is 10.2. The Hall–Kier alpha value is -2.56. The molecular formula is C16H17N3O2. The van der Waals surface area contributed by atoms with Crippen molar-refractivity contribution in [2.45, 2.75) is 26.3 Å². The Bertz CT molecular complexity index is 759. The van der Waals surface area contributed by atoms with Crippen LogP contribution in [0.4, 0.5) is 0 Å². The number of hydrogen-bond acceptors (Lipinski definition) is 3. The maximum atomic E-state index is 12.3. The van der Waals surface area contributed by atoms with Gasteiger partial charge in [-0.15, -0.1) is 0 Å². The number of nitrogens with zero attached hydrogens (tertiary/aromatic N) is 1. The van der Waals surface area contributed by atoms with Crippen LogP contribution in [-0.4, -0.2) is 15.9 Å². The van der Waals surface area contributed by atoms with Gasteiger partial charge in [-0.2, -0.15) is 0 Å². The van der Waals surface area contributed by atoms with Crippen molar-refractivity contribution < 1.29 is 9.21 Å². The molecule has 0 aliphatic rings. The van der Waals surface area contributed by atoms with Crippen LogP contribution in [0, 0.1) is 6.92 Å². The van der Waals surface area contributed by atoms with Crippen LogP contribution in [0.25, 0.3) is 11.0 Å². The molecule has 1 amide bonds. The lowest BCUT2D eigenvalue weighted by atomic mass is 10.2. The topological polar surface area (TPSA) is 70.9 Å². The molecule has 0 aliphatic carbocycles. The molecule has 0 fully saturated rings. The molecule has 2 N–H and O–H groups in total. The van der Waals surface area contributed by atoms with Crippen molar-refractivity contribution in [3.8, 4) is 0 Å². The van der Waals surface area contributed by atoms with Gasteiger partial charge in [0.15, 0.2) is 5.76 Å². The molecule has 0 spiro atoms. The number of aryl methyl sites for hydroxylation is 1. The first-order valence-corrected chi connectivity index (χ1v) is 6.97. The van der Waals surface area contributed by atoms with Gasteiger partial charge in [-0.25, -0.2) is 4.98 Å². The Morgan fingerprint density at radius 3 is 3.00 bits per heavy atom. The van der Waals surface area contributed by atoms with Gasteiger partial charge >= 0.3 is 0 Å². The van der Waals surface area contributed by atoms with Crippen molar-refractivity contribution in [2.75, 3.05) is 0 Å². The number of amides is 1. The monoisotopic (exact) mass is 283 g/mol. The number of aromatic amines is 1. The summed E-state index contributed by atoms with van der Waals surface area (Å²) in [6, 6.07) is 7.46. The van der Waals surface area contributed by atoms with E-state index in [-0.39, 0.29) is 11.9 Å². The van der Waals surface area contributed by atoms with Gasteiger partial charge in [0.05, 0.1) is 6.04 Å². The molecule has 0 radical (unpaired) electrons. The highest BCUT2D eigenvalue weighted by Gasteiger charge is 2.18. The van der Waals surface area contributed by atoms with Crippen LogP contribution < -0.4 is 5.32 Å². The number of hydrogen-bond donors (Lipinski definition) is 2. The van der Waals surface area contributed by atoms with E-state index >= 15 is 0 Å². The van der Waals surface area contributed by atoms with Gasteiger partial charge in [0.25, 0.3) is 5.91 Å². The molecule has 0 bridgehead atoms. The number of rotatable bonds is 4. The van der Waals surface area contributed by atoms with Crippen molar-refractivity contribution in [3.63, 3.8) is 0 Å². The highest BCUT2D eigenvalue weighted by atomic mass is 16.3. The second kappa shape index (κ2) is 5.44. The molecule has 0 saturated carbocycles. The molecule has 1 atom stereocenters. The fourth-order valence-corrected chi connectivity index (χ4v) is 2.34. The van der Waals surface area contributed by atoms with Gasteiger partial charge in [-0.1, -0.05) is 18.6 Å². The second-order valence-corrected chi connectivity index (χ2v) is 5.06. The minimum atomic E-state index is -0.230. The highest BCUT2D eigenvalue weighted by molar-refractivity contribution is 5.96. The van der Waals surface area contributed by atoms with E-state index in [1.165, 1.54) is 0 Å². The predicted octanol–water partition coefficient (Wildman–Crippen LogP) is 3.35. The lowest BCUT2D eigenvalue weighted by Crippen LogP contribution is -2.28. The van der Waals surface area contributed by atoms with Crippen molar-refractivity contribution >= 4 is 16.9 Å². The summed E-state index contributed by atoms with van der Waals surface area (Å²) < 4.78 is 5.60. The number of carbonyl (C=O) groups is 1. The number of fused-ring (bicyclic) bond motifs is 1. The largest absolute Gasteiger partial charge is 0.451 e. The first kappa shape index (κ1) is 13.4. The quantitative estimate of drug-likeness (QED) is 0.771. The maximum Gasteiger partial charge on any atom is 0.287 e. The van der Waals surface area contributed by atoms with Crippen LogP contribution in [0.1, 0.15) is 41.3 Å². The molecule has 0 aliphatic heterocycles. The summed E-state index contributed by atoms with van der Waals surface area (Å²) in [5.74, 6) is 0.838. The number of furan rings is 1. The fraction of sp³-hybridized carbons (Fsp3) is 0.250. The summed E-state index contributed by atoms with van der Waals surface area (Å²) in [6.07, 6.45) is 4.17. The summed E-state index contributed by atoms with van der Waals surface area (Å²) in [5, 5.41) is 3.87. The van der Waals surface area contributed by atoms with E-state index in [0.29, 0.717) is 5.76 Å². The summed E-state index contributed by atoms with van der Waals surface area (Å²) in [4.78, 5) is 19.5. The van der Waals surface area contributed by atoms with E-state index in [9.17, 15) is 4.79 Å². The molecule has 1 unspecified atom stereocenters. The van der Waals surface area contributed by atoms with E-state index in [1.807, 2.05) is 32.0 Å². The average molecular weight is 283 g/mol. The average Bonchev–Trinajstić information content (AvgIpc) is 3.12. The van der Waals surface area contributed by atoms with Gasteiger partial charge in [-0.05, 0) is 31.5 Å². The van der Waals surface area contributed by atoms with E-state index < -0.39 is 0 Å². The Balaban J connectivity index is 1.83. The zero-order valence-electron chi connectivity index (χ0n) is 12.0. The van der Waals surface area contributed by atoms with Crippen LogP contribution in [0.5, 0.6) is 0 Å². The van der Waals surface area contributed by atoms with Crippen molar-refractivity contribution in [2.24, 2.45) is 0 Å². The molecule has 3 aromatic rings. The Morgan fingerprint density at radius 2 is 2.29 bits per heavy atom. The van der Waals surface area contributed by atoms with Gasteiger partial charge < -0.3 is 14.7 Å². The zero-order valence-corrected chi connectivity index (χ0v) is 12.0. The summed E-state index contributed by atoms with van der Waals surface area (Å²) >= 11 is 0. The van der Waals surface area contributed by atoms with Crippen LogP contribution >= 0.6 is 0 Å². The third kappa shape index (κ3) is 2.67. The molecule has 2 aromatic heterocycles. The highest BCUT2D eigenvalue weighted by Crippen LogP contribution is 2.21. The van der Waals surface area contributed by atoms with Crippen LogP contribution in [0.3, 0.4) is 0 Å². The van der Waals surface area contributed by atoms with E-state index in [2.05, 4.69) is 15.3 Å². The molecule has 1 aromatic carbocycles. The van der Waals surface area contributed by atoms with Gasteiger partial charge in [0, 0.05) is 17.8 Å². The molecule has 3 rings (SSSR count). The Morgan fingerprint density at radius 1 is 1.43 bits per heavy atom. The zero-order chi connectivity index (χ0) is 14.8. The van der Waals surface area contributed by atoms with Gasteiger partial charge in [0.1, 0.15) is 11.4 Å². The maximum absolute atomic E-state index is 12.3. The Labute approximate surface area is 122 Å². The molecule has 108 valence electrons. The second-order valence-electron chi connectivity index (χ2n) is 5.06. The number of carbonyl (C=O) groups excluding carboxylic acids is 1. The molecule has 21 heavy (non-hydrogen) atoms. The number of H-pyrrole nitrogens is 1. The number of imidazole rings is 1. The number of aromatic nitrogens is 2. The number of benzene rings is 1. The summed E-state index contributed by atoms with van der Waals surface area (Å²) in [6.45, 7) is 4.01. The lowest BCUT2D eigenvalue weighted by molar-refractivity contribution is 0.0908. The molecule has 0 saturated heterocycles. The van der Waals surface area contributed by atoms with E-state index in [0.717, 1.165) is 28.8 Å². The van der Waals surface area contributed by atoms with Gasteiger partial charge in [-0.3, -0.25) is 4.79 Å². The van der Waals surface area contributed by atoms with Crippen molar-refractivity contribution in [3.05, 3.63) is 53.8 Å². The molecule has 5 heteroatoms. The molecular weight excluding hydrogens is 266 g/mol. The third-order valence-electron chi connectivity index (χ3n) is 3.46. The Kier molecular flexibility index (Phi) is 3.48. The molecule has 5 nitrogen and oxygen atoms in total. The number of nitrogens with one attached hydrogen (secondary N) is 2. The van der Waals surface area contributed by atoms with Crippen LogP contribution in [0.2, 0.25) is 0 Å². The smallest absolute Gasteiger partial charge is 0.287 e. The van der Waals surface area contributed by atoms with Crippen LogP contribution in [-0.2, 0) is 0 Å². The summed E-state index contributed by atoms with van der Waals surface area (Å²) in [7, 11) is 0. The van der Waals surface area contributed by atoms with Crippen molar-refractivity contribution in [1.29, 1.82) is 0 Å². The third-order valence-corrected chi connectivity index (χ3v) is 3.46. The minimum Gasteiger partial charge on any atom is -0.451 e. The SMILES string of the molecule is CCC(NC(=O)c1cc2cc(C)ccc2o1)c1ncc[nH]1. The van der Waals surface area contributed by atoms with Crippen LogP contribution in [0.15, 0.2) is 41.1 Å². The molecule has 2 heterocycles. The normalized spacial score (nSPS) is 12.5.